The maximum atomic E-state index is 15.5. The van der Waals surface area contributed by atoms with Crippen LogP contribution in [-0.2, 0) is 7.05 Å². The maximum Gasteiger partial charge on any atom is 0.216 e. The zero-order valence-electron chi connectivity index (χ0n) is 23.1. The molecule has 0 unspecified atom stereocenters. The molecule has 1 aliphatic carbocycles. The highest BCUT2D eigenvalue weighted by molar-refractivity contribution is 6.13. The van der Waals surface area contributed by atoms with Crippen LogP contribution in [0.25, 0.3) is 55.4 Å². The van der Waals surface area contributed by atoms with E-state index in [1.54, 1.807) is 6.07 Å². The second-order valence-corrected chi connectivity index (χ2v) is 11.3. The van der Waals surface area contributed by atoms with Gasteiger partial charge in [0.25, 0.3) is 0 Å². The van der Waals surface area contributed by atoms with Crippen LogP contribution in [0.5, 0.6) is 0 Å². The molecule has 40 heavy (non-hydrogen) atoms. The minimum atomic E-state index is -0.276. The fourth-order valence-electron chi connectivity index (χ4n) is 6.59. The van der Waals surface area contributed by atoms with Gasteiger partial charge in [0.1, 0.15) is 24.0 Å². The number of furan rings is 1. The molecular formula is C37H33FNO+. The summed E-state index contributed by atoms with van der Waals surface area (Å²) in [5.74, 6) is 0.390. The lowest BCUT2D eigenvalue weighted by Gasteiger charge is -2.22. The Morgan fingerprint density at radius 2 is 1.43 bits per heavy atom. The van der Waals surface area contributed by atoms with Crippen molar-refractivity contribution in [1.82, 2.24) is 0 Å². The summed E-state index contributed by atoms with van der Waals surface area (Å²) in [7, 11) is 2.04. The number of hydrogen-bond acceptors (Lipinski definition) is 1. The van der Waals surface area contributed by atoms with E-state index >= 15 is 4.39 Å². The number of benzene rings is 4. The first-order valence-electron chi connectivity index (χ1n) is 14.4. The quantitative estimate of drug-likeness (QED) is 0.209. The van der Waals surface area contributed by atoms with Crippen LogP contribution in [0.2, 0.25) is 0 Å². The molecule has 7 rings (SSSR count). The summed E-state index contributed by atoms with van der Waals surface area (Å²) in [6, 6.07) is 31.0. The third-order valence-corrected chi connectivity index (χ3v) is 8.75. The molecule has 0 bridgehead atoms. The third-order valence-electron chi connectivity index (χ3n) is 8.75. The van der Waals surface area contributed by atoms with Gasteiger partial charge in [-0.2, -0.15) is 0 Å². The van der Waals surface area contributed by atoms with E-state index in [-0.39, 0.29) is 5.82 Å². The van der Waals surface area contributed by atoms with E-state index in [1.807, 2.05) is 43.6 Å². The number of aryl methyl sites for hydroxylation is 2. The number of pyridine rings is 1. The van der Waals surface area contributed by atoms with Gasteiger partial charge in [-0.05, 0) is 71.7 Å². The molecule has 4 aromatic carbocycles. The molecule has 0 amide bonds. The van der Waals surface area contributed by atoms with Crippen molar-refractivity contribution in [3.63, 3.8) is 0 Å². The molecule has 0 atom stereocenters. The van der Waals surface area contributed by atoms with E-state index in [9.17, 15) is 0 Å². The Balaban J connectivity index is 1.33. The van der Waals surface area contributed by atoms with E-state index < -0.39 is 0 Å². The average molecular weight is 527 g/mol. The minimum absolute atomic E-state index is 0.276. The molecular weight excluding hydrogens is 493 g/mol. The van der Waals surface area contributed by atoms with Gasteiger partial charge in [0, 0.05) is 22.9 Å². The molecule has 1 aliphatic rings. The molecule has 1 fully saturated rings. The molecule has 0 aliphatic heterocycles. The van der Waals surface area contributed by atoms with Crippen LogP contribution in [0.15, 0.2) is 102 Å². The van der Waals surface area contributed by atoms with Crippen molar-refractivity contribution in [3.05, 3.63) is 114 Å². The summed E-state index contributed by atoms with van der Waals surface area (Å²) in [4.78, 5) is 0. The van der Waals surface area contributed by atoms with Gasteiger partial charge in [0.15, 0.2) is 6.20 Å². The van der Waals surface area contributed by atoms with Crippen molar-refractivity contribution in [2.75, 3.05) is 0 Å². The standard InChI is InChI=1S/C37H33FNO/c1-24-14-19-30-31-20-21-32(38)35(37(31)40-36(30)34(24)33-13-6-7-22-39(33)2)27-17-15-26(16-18-27)29-12-8-11-28(23-29)25-9-4-3-5-10-25/h6-8,11-23,25H,3-5,9-10H2,1-2H3/q+1. The molecule has 6 aromatic rings. The van der Waals surface area contributed by atoms with Gasteiger partial charge in [-0.1, -0.05) is 79.9 Å². The van der Waals surface area contributed by atoms with Gasteiger partial charge < -0.3 is 4.42 Å². The molecule has 2 heterocycles. The van der Waals surface area contributed by atoms with Gasteiger partial charge >= 0.3 is 0 Å². The van der Waals surface area contributed by atoms with Crippen LogP contribution in [0.4, 0.5) is 4.39 Å². The normalized spacial score (nSPS) is 14.3. The smallest absolute Gasteiger partial charge is 0.216 e. The Morgan fingerprint density at radius 3 is 2.20 bits per heavy atom. The third kappa shape index (κ3) is 4.21. The molecule has 0 N–H and O–H groups in total. The van der Waals surface area contributed by atoms with Gasteiger partial charge in [0.2, 0.25) is 5.69 Å². The van der Waals surface area contributed by atoms with Crippen LogP contribution < -0.4 is 4.57 Å². The zero-order chi connectivity index (χ0) is 27.2. The Bertz CT molecular complexity index is 1860. The Labute approximate surface area is 234 Å². The van der Waals surface area contributed by atoms with Gasteiger partial charge in [-0.25, -0.2) is 8.96 Å². The van der Waals surface area contributed by atoms with E-state index in [2.05, 4.69) is 66.1 Å². The summed E-state index contributed by atoms with van der Waals surface area (Å²) in [5.41, 5.74) is 9.73. The van der Waals surface area contributed by atoms with Crippen LogP contribution in [0.1, 0.15) is 49.1 Å². The number of hydrogen-bond donors (Lipinski definition) is 0. The van der Waals surface area contributed by atoms with Crippen molar-refractivity contribution in [1.29, 1.82) is 0 Å². The Morgan fingerprint density at radius 1 is 0.700 bits per heavy atom. The van der Waals surface area contributed by atoms with Crippen LogP contribution in [0.3, 0.4) is 0 Å². The van der Waals surface area contributed by atoms with Gasteiger partial charge in [0.05, 0.1) is 11.1 Å². The second-order valence-electron chi connectivity index (χ2n) is 11.3. The van der Waals surface area contributed by atoms with E-state index in [0.717, 1.165) is 44.3 Å². The van der Waals surface area contributed by atoms with E-state index in [1.165, 1.54) is 43.2 Å². The average Bonchev–Trinajstić information content (AvgIpc) is 3.37. The lowest BCUT2D eigenvalue weighted by atomic mass is 9.83. The summed E-state index contributed by atoms with van der Waals surface area (Å²) in [6.07, 6.45) is 8.62. The number of fused-ring (bicyclic) bond motifs is 3. The largest absolute Gasteiger partial charge is 0.454 e. The number of aromatic nitrogens is 1. The maximum absolute atomic E-state index is 15.5. The molecule has 198 valence electrons. The highest BCUT2D eigenvalue weighted by Gasteiger charge is 2.23. The monoisotopic (exact) mass is 526 g/mol. The topological polar surface area (TPSA) is 17.0 Å². The summed E-state index contributed by atoms with van der Waals surface area (Å²) < 4.78 is 24.2. The fourth-order valence-corrected chi connectivity index (χ4v) is 6.59. The lowest BCUT2D eigenvalue weighted by Crippen LogP contribution is -2.30. The number of rotatable bonds is 4. The zero-order valence-corrected chi connectivity index (χ0v) is 23.1. The summed E-state index contributed by atoms with van der Waals surface area (Å²) in [5, 5.41) is 1.92. The molecule has 0 radical (unpaired) electrons. The van der Waals surface area contributed by atoms with Crippen molar-refractivity contribution < 1.29 is 13.4 Å². The molecule has 0 spiro atoms. The van der Waals surface area contributed by atoms with E-state index in [4.69, 9.17) is 4.42 Å². The first kappa shape index (κ1) is 24.8. The summed E-state index contributed by atoms with van der Waals surface area (Å²) in [6.45, 7) is 2.10. The van der Waals surface area contributed by atoms with Crippen molar-refractivity contribution >= 4 is 21.9 Å². The van der Waals surface area contributed by atoms with Crippen molar-refractivity contribution in [2.24, 2.45) is 7.05 Å². The molecule has 3 heteroatoms. The summed E-state index contributed by atoms with van der Waals surface area (Å²) >= 11 is 0. The molecule has 1 saturated carbocycles. The molecule has 0 saturated heterocycles. The lowest BCUT2D eigenvalue weighted by molar-refractivity contribution is -0.660. The molecule has 2 aromatic heterocycles. The van der Waals surface area contributed by atoms with Crippen molar-refractivity contribution in [2.45, 2.75) is 44.9 Å². The SMILES string of the molecule is Cc1ccc2c(oc3c(-c4ccc(-c5cccc(C6CCCCC6)c5)cc4)c(F)ccc32)c1-c1cccc[n+]1C. The first-order chi connectivity index (χ1) is 19.6. The van der Waals surface area contributed by atoms with Crippen LogP contribution in [-0.4, -0.2) is 0 Å². The van der Waals surface area contributed by atoms with E-state index in [0.29, 0.717) is 17.1 Å². The first-order valence-corrected chi connectivity index (χ1v) is 14.4. The van der Waals surface area contributed by atoms with Gasteiger partial charge in [-0.15, -0.1) is 0 Å². The minimum Gasteiger partial charge on any atom is -0.454 e. The second kappa shape index (κ2) is 10.1. The van der Waals surface area contributed by atoms with Crippen LogP contribution >= 0.6 is 0 Å². The highest BCUT2D eigenvalue weighted by Crippen LogP contribution is 2.42. The predicted octanol–water partition coefficient (Wildman–Crippen LogP) is 9.91. The number of nitrogens with zero attached hydrogens (tertiary/aromatic N) is 1. The fraction of sp³-hybridized carbons (Fsp3) is 0.216. The molecule has 2 nitrogen and oxygen atoms in total. The Hall–Kier alpha value is -4.24. The predicted molar refractivity (Wildman–Crippen MR) is 162 cm³/mol. The van der Waals surface area contributed by atoms with Crippen LogP contribution in [0, 0.1) is 12.7 Å². The Kier molecular flexibility index (Phi) is 6.23. The number of halogens is 1. The van der Waals surface area contributed by atoms with Gasteiger partial charge in [-0.3, -0.25) is 0 Å². The van der Waals surface area contributed by atoms with Crippen molar-refractivity contribution in [3.8, 4) is 33.5 Å². The highest BCUT2D eigenvalue weighted by atomic mass is 19.1.